The van der Waals surface area contributed by atoms with E-state index in [4.69, 9.17) is 9.47 Å². The van der Waals surface area contributed by atoms with Gasteiger partial charge in [-0.3, -0.25) is 9.59 Å². The highest BCUT2D eigenvalue weighted by Gasteiger charge is 2.24. The summed E-state index contributed by atoms with van der Waals surface area (Å²) in [5.74, 6) is -0.175. The Balaban J connectivity index is 1.82. The highest BCUT2D eigenvalue weighted by molar-refractivity contribution is 5.71. The Morgan fingerprint density at radius 2 is 0.974 bits per heavy atom. The van der Waals surface area contributed by atoms with Crippen molar-refractivity contribution in [2.45, 2.75) is 119 Å². The maximum atomic E-state index is 12.3. The van der Waals surface area contributed by atoms with Gasteiger partial charge in [-0.2, -0.15) is 0 Å². The molecule has 0 saturated carbocycles. The van der Waals surface area contributed by atoms with E-state index in [-0.39, 0.29) is 60.3 Å². The summed E-state index contributed by atoms with van der Waals surface area (Å²) >= 11 is 0. The molecular formula is C32H46O6. The number of hydrogen-bond donors (Lipinski definition) is 2. The number of ether oxygens (including phenoxy) is 2. The lowest BCUT2D eigenvalue weighted by molar-refractivity contribution is -0.147. The molecular weight excluding hydrogens is 480 g/mol. The molecule has 38 heavy (non-hydrogen) atoms. The van der Waals surface area contributed by atoms with Crippen LogP contribution in [0.1, 0.15) is 112 Å². The van der Waals surface area contributed by atoms with E-state index in [1.165, 1.54) is 0 Å². The number of unbranched alkanes of at least 4 members (excludes halogenated alkanes) is 1. The molecule has 6 nitrogen and oxygen atoms in total. The van der Waals surface area contributed by atoms with E-state index in [2.05, 4.69) is 0 Å². The van der Waals surface area contributed by atoms with Crippen LogP contribution < -0.4 is 0 Å². The first-order chi connectivity index (χ1) is 17.4. The van der Waals surface area contributed by atoms with Crippen molar-refractivity contribution in [1.29, 1.82) is 0 Å². The van der Waals surface area contributed by atoms with Gasteiger partial charge in [0.25, 0.3) is 0 Å². The first kappa shape index (κ1) is 31.2. The summed E-state index contributed by atoms with van der Waals surface area (Å²) in [7, 11) is 0. The molecule has 0 saturated heterocycles. The van der Waals surface area contributed by atoms with Crippen molar-refractivity contribution in [1.82, 2.24) is 0 Å². The normalized spacial score (nSPS) is 11.9. The molecule has 0 atom stereocenters. The molecule has 0 bridgehead atoms. The van der Waals surface area contributed by atoms with Crippen molar-refractivity contribution in [2.75, 3.05) is 0 Å². The Labute approximate surface area is 228 Å². The van der Waals surface area contributed by atoms with Gasteiger partial charge in [0, 0.05) is 12.8 Å². The minimum atomic E-state index is -0.336. The van der Waals surface area contributed by atoms with Gasteiger partial charge >= 0.3 is 11.9 Å². The Kier molecular flexibility index (Phi) is 10.0. The third-order valence-electron chi connectivity index (χ3n) is 7.18. The average molecular weight is 527 g/mol. The zero-order valence-electron chi connectivity index (χ0n) is 24.9. The first-order valence-corrected chi connectivity index (χ1v) is 13.4. The van der Waals surface area contributed by atoms with Crippen molar-refractivity contribution < 1.29 is 29.3 Å². The van der Waals surface area contributed by atoms with Crippen molar-refractivity contribution in [3.63, 3.8) is 0 Å². The van der Waals surface area contributed by atoms with Gasteiger partial charge in [0.05, 0.1) is 0 Å². The number of rotatable bonds is 9. The Morgan fingerprint density at radius 3 is 1.26 bits per heavy atom. The highest BCUT2D eigenvalue weighted by Crippen LogP contribution is 2.37. The summed E-state index contributed by atoms with van der Waals surface area (Å²) in [6, 6.07) is 3.92. The summed E-state index contributed by atoms with van der Waals surface area (Å²) < 4.78 is 10.9. The van der Waals surface area contributed by atoms with Crippen molar-refractivity contribution >= 4 is 11.9 Å². The van der Waals surface area contributed by atoms with E-state index in [0.717, 1.165) is 44.5 Å². The predicted molar refractivity (Wildman–Crippen MR) is 151 cm³/mol. The molecule has 0 fully saturated rings. The van der Waals surface area contributed by atoms with E-state index in [9.17, 15) is 19.8 Å². The van der Waals surface area contributed by atoms with E-state index < -0.39 is 0 Å². The third kappa shape index (κ3) is 7.75. The number of carbonyl (C=O) groups excluding carboxylic acids is 2. The van der Waals surface area contributed by atoms with Gasteiger partial charge in [0.1, 0.15) is 24.7 Å². The molecule has 0 amide bonds. The first-order valence-electron chi connectivity index (χ1n) is 13.4. The molecule has 6 heteroatoms. The highest BCUT2D eigenvalue weighted by atomic mass is 16.5. The van der Waals surface area contributed by atoms with Crippen LogP contribution in [0.15, 0.2) is 12.1 Å². The van der Waals surface area contributed by atoms with Crippen molar-refractivity contribution in [3.8, 4) is 11.5 Å². The molecule has 0 aliphatic heterocycles. The smallest absolute Gasteiger partial charge is 0.306 e. The lowest BCUT2D eigenvalue weighted by Gasteiger charge is -2.24. The Hall–Kier alpha value is -3.02. The topological polar surface area (TPSA) is 93.1 Å². The van der Waals surface area contributed by atoms with Crippen LogP contribution in [0.5, 0.6) is 11.5 Å². The van der Waals surface area contributed by atoms with Crippen LogP contribution in [0.3, 0.4) is 0 Å². The number of hydrogen-bond acceptors (Lipinski definition) is 6. The largest absolute Gasteiger partial charge is 0.507 e. The number of aromatic hydroxyl groups is 2. The summed E-state index contributed by atoms with van der Waals surface area (Å²) in [6.45, 7) is 20.1. The zero-order chi connectivity index (χ0) is 29.0. The van der Waals surface area contributed by atoms with E-state index in [1.807, 2.05) is 81.4 Å². The molecule has 2 aromatic rings. The lowest BCUT2D eigenvalue weighted by Crippen LogP contribution is -2.14. The number of benzene rings is 2. The summed E-state index contributed by atoms with van der Waals surface area (Å²) in [5, 5.41) is 21.3. The fourth-order valence-electron chi connectivity index (χ4n) is 4.60. The van der Waals surface area contributed by atoms with Crippen LogP contribution in [-0.2, 0) is 43.1 Å². The van der Waals surface area contributed by atoms with Gasteiger partial charge < -0.3 is 19.7 Å². The molecule has 0 spiro atoms. The van der Waals surface area contributed by atoms with Gasteiger partial charge in [-0.1, -0.05) is 53.7 Å². The number of phenolic OH excluding ortho intramolecular Hbond substituents is 2. The second kappa shape index (κ2) is 12.2. The average Bonchev–Trinajstić information content (AvgIpc) is 2.79. The fourth-order valence-corrected chi connectivity index (χ4v) is 4.60. The van der Waals surface area contributed by atoms with E-state index >= 15 is 0 Å². The number of esters is 2. The molecule has 210 valence electrons. The van der Waals surface area contributed by atoms with Gasteiger partial charge in [0.15, 0.2) is 0 Å². The lowest BCUT2D eigenvalue weighted by atomic mass is 9.83. The second-order valence-corrected chi connectivity index (χ2v) is 12.4. The minimum Gasteiger partial charge on any atom is -0.507 e. The standard InChI is InChI=1S/C32H46O6/c1-19-15-25(31(5,6)7)29(35)21(3)23(19)17-37-27(33)13-11-12-14-28(34)38-18-24-20(2)16-26(32(8,9)10)30(36)22(24)4/h15-16,35-36H,11-14,17-18H2,1-10H3. The molecule has 2 N–H and O–H groups in total. The van der Waals surface area contributed by atoms with Crippen molar-refractivity contribution in [3.05, 3.63) is 56.6 Å². The second-order valence-electron chi connectivity index (χ2n) is 12.4. The van der Waals surface area contributed by atoms with Crippen LogP contribution in [-0.4, -0.2) is 22.2 Å². The maximum absolute atomic E-state index is 12.3. The van der Waals surface area contributed by atoms with Crippen molar-refractivity contribution in [2.24, 2.45) is 0 Å². The molecule has 0 aromatic heterocycles. The predicted octanol–water partition coefficient (Wildman–Crippen LogP) is 7.27. The summed E-state index contributed by atoms with van der Waals surface area (Å²) in [4.78, 5) is 24.6. The molecule has 0 heterocycles. The third-order valence-corrected chi connectivity index (χ3v) is 7.18. The van der Waals surface area contributed by atoms with Crippen LogP contribution >= 0.6 is 0 Å². The minimum absolute atomic E-state index is 0.107. The van der Waals surface area contributed by atoms with Crippen LogP contribution in [0.25, 0.3) is 0 Å². The van der Waals surface area contributed by atoms with Crippen LogP contribution in [0.2, 0.25) is 0 Å². The SMILES string of the molecule is Cc1cc(C(C)(C)C)c(O)c(C)c1COC(=O)CCCCC(=O)OCc1c(C)cc(C(C)(C)C)c(O)c1C. The zero-order valence-corrected chi connectivity index (χ0v) is 24.9. The van der Waals surface area contributed by atoms with Crippen LogP contribution in [0.4, 0.5) is 0 Å². The molecule has 0 aliphatic rings. The molecule has 2 aromatic carbocycles. The van der Waals surface area contributed by atoms with E-state index in [0.29, 0.717) is 12.8 Å². The van der Waals surface area contributed by atoms with Gasteiger partial charge in [0.2, 0.25) is 0 Å². The maximum Gasteiger partial charge on any atom is 0.306 e. The monoisotopic (exact) mass is 526 g/mol. The van der Waals surface area contributed by atoms with Gasteiger partial charge in [-0.15, -0.1) is 0 Å². The molecule has 2 rings (SSSR count). The molecule has 0 radical (unpaired) electrons. The Morgan fingerprint density at radius 1 is 0.658 bits per heavy atom. The Bertz CT molecular complexity index is 1080. The quantitative estimate of drug-likeness (QED) is 0.264. The molecule has 0 aliphatic carbocycles. The van der Waals surface area contributed by atoms with Gasteiger partial charge in [-0.05, 0) is 95.9 Å². The number of phenols is 2. The van der Waals surface area contributed by atoms with E-state index in [1.54, 1.807) is 0 Å². The van der Waals surface area contributed by atoms with Crippen LogP contribution in [0, 0.1) is 27.7 Å². The summed E-state index contributed by atoms with van der Waals surface area (Å²) in [6.07, 6.45) is 1.44. The molecule has 0 unspecified atom stereocenters. The van der Waals surface area contributed by atoms with Gasteiger partial charge in [-0.25, -0.2) is 0 Å². The number of aryl methyl sites for hydroxylation is 2. The number of carbonyl (C=O) groups is 2. The fraction of sp³-hybridized carbons (Fsp3) is 0.562. The summed E-state index contributed by atoms with van der Waals surface area (Å²) in [5.41, 5.74) is 6.43.